The van der Waals surface area contributed by atoms with Gasteiger partial charge in [-0.25, -0.2) is 0 Å². The Labute approximate surface area is 155 Å². The summed E-state index contributed by atoms with van der Waals surface area (Å²) in [6.45, 7) is 3.77. The summed E-state index contributed by atoms with van der Waals surface area (Å²) in [7, 11) is 0. The number of piperidine rings is 2. The summed E-state index contributed by atoms with van der Waals surface area (Å²) in [6, 6.07) is 8.01. The quantitative estimate of drug-likeness (QED) is 0.873. The minimum atomic E-state index is -0.0433. The Hall–Kier alpha value is -1.88. The third-order valence-corrected chi connectivity index (χ3v) is 6.43. The fourth-order valence-electron chi connectivity index (χ4n) is 4.84. The van der Waals surface area contributed by atoms with Gasteiger partial charge in [-0.05, 0) is 68.7 Å². The van der Waals surface area contributed by atoms with Crippen LogP contribution in [0, 0.1) is 11.8 Å². The highest BCUT2D eigenvalue weighted by molar-refractivity contribution is 6.03. The highest BCUT2D eigenvalue weighted by Gasteiger charge is 2.38. The summed E-state index contributed by atoms with van der Waals surface area (Å²) < 4.78 is 0. The Kier molecular flexibility index (Phi) is 5.25. The minimum Gasteiger partial charge on any atom is -0.343 e. The number of likely N-dealkylation sites (tertiary alicyclic amines) is 1. The number of nitrogens with one attached hydrogen (secondary N) is 2. The van der Waals surface area contributed by atoms with Crippen molar-refractivity contribution in [3.8, 4) is 0 Å². The molecule has 2 N–H and O–H groups in total. The van der Waals surface area contributed by atoms with Crippen LogP contribution in [-0.4, -0.2) is 42.9 Å². The van der Waals surface area contributed by atoms with Crippen LogP contribution in [0.4, 0.5) is 5.69 Å². The van der Waals surface area contributed by atoms with Gasteiger partial charge in [-0.15, -0.1) is 0 Å². The third kappa shape index (κ3) is 3.63. The van der Waals surface area contributed by atoms with Crippen LogP contribution in [-0.2, 0) is 9.59 Å². The normalized spacial score (nSPS) is 24.4. The number of para-hydroxylation sites is 1. The monoisotopic (exact) mass is 355 g/mol. The van der Waals surface area contributed by atoms with E-state index in [2.05, 4.69) is 16.7 Å². The maximum atomic E-state index is 12.6. The highest BCUT2D eigenvalue weighted by Crippen LogP contribution is 2.41. The van der Waals surface area contributed by atoms with Gasteiger partial charge in [0.05, 0.1) is 5.92 Å². The van der Waals surface area contributed by atoms with Gasteiger partial charge >= 0.3 is 0 Å². The standard InChI is InChI=1S/C21H29N3O2/c25-19(6-5-15-7-11-22-12-8-15)24-13-9-16(10-14-24)20-17-3-1-2-4-18(17)23-21(20)26/h1-4,15-16,20,22H,5-14H2,(H,23,26). The molecule has 0 spiro atoms. The van der Waals surface area contributed by atoms with E-state index < -0.39 is 0 Å². The van der Waals surface area contributed by atoms with Gasteiger partial charge in [-0.2, -0.15) is 0 Å². The lowest BCUT2D eigenvalue weighted by atomic mass is 9.80. The van der Waals surface area contributed by atoms with Gasteiger partial charge < -0.3 is 15.5 Å². The van der Waals surface area contributed by atoms with Gasteiger partial charge in [-0.1, -0.05) is 18.2 Å². The number of nitrogens with zero attached hydrogens (tertiary/aromatic N) is 1. The number of hydrogen-bond acceptors (Lipinski definition) is 3. The maximum absolute atomic E-state index is 12.6. The molecule has 2 fully saturated rings. The van der Waals surface area contributed by atoms with E-state index in [4.69, 9.17) is 0 Å². The van der Waals surface area contributed by atoms with E-state index in [1.165, 1.54) is 12.8 Å². The number of carbonyl (C=O) groups excluding carboxylic acids is 2. The average Bonchev–Trinajstić information content (AvgIpc) is 3.03. The first-order valence-electron chi connectivity index (χ1n) is 10.1. The molecule has 5 heteroatoms. The Morgan fingerprint density at radius 3 is 2.58 bits per heavy atom. The van der Waals surface area contributed by atoms with Gasteiger partial charge in [0.25, 0.3) is 0 Å². The van der Waals surface area contributed by atoms with E-state index in [-0.39, 0.29) is 11.8 Å². The summed E-state index contributed by atoms with van der Waals surface area (Å²) in [4.78, 5) is 27.0. The first-order chi connectivity index (χ1) is 12.7. The molecular formula is C21H29N3O2. The lowest BCUT2D eigenvalue weighted by Crippen LogP contribution is -2.40. The molecule has 26 heavy (non-hydrogen) atoms. The molecule has 2 saturated heterocycles. The fourth-order valence-corrected chi connectivity index (χ4v) is 4.84. The lowest BCUT2D eigenvalue weighted by molar-refractivity contribution is -0.133. The topological polar surface area (TPSA) is 61.4 Å². The smallest absolute Gasteiger partial charge is 0.232 e. The minimum absolute atomic E-state index is 0.0433. The van der Waals surface area contributed by atoms with Crippen molar-refractivity contribution in [2.75, 3.05) is 31.5 Å². The molecule has 3 heterocycles. The number of carbonyl (C=O) groups is 2. The predicted octanol–water partition coefficient (Wildman–Crippen LogP) is 2.74. The van der Waals surface area contributed by atoms with Crippen molar-refractivity contribution in [2.24, 2.45) is 11.8 Å². The number of hydrogen-bond donors (Lipinski definition) is 2. The highest BCUT2D eigenvalue weighted by atomic mass is 16.2. The molecular weight excluding hydrogens is 326 g/mol. The molecule has 5 nitrogen and oxygen atoms in total. The Morgan fingerprint density at radius 2 is 1.81 bits per heavy atom. The molecule has 1 unspecified atom stereocenters. The Balaban J connectivity index is 1.29. The molecule has 0 saturated carbocycles. The number of rotatable bonds is 4. The number of fused-ring (bicyclic) bond motifs is 1. The molecule has 0 bridgehead atoms. The number of benzene rings is 1. The van der Waals surface area contributed by atoms with Crippen LogP contribution in [0.3, 0.4) is 0 Å². The van der Waals surface area contributed by atoms with Crippen LogP contribution in [0.25, 0.3) is 0 Å². The number of anilines is 1. The second-order valence-corrected chi connectivity index (χ2v) is 8.00. The Morgan fingerprint density at radius 1 is 1.08 bits per heavy atom. The zero-order chi connectivity index (χ0) is 17.9. The van der Waals surface area contributed by atoms with Crippen molar-refractivity contribution in [3.05, 3.63) is 29.8 Å². The van der Waals surface area contributed by atoms with Gasteiger partial charge in [0.15, 0.2) is 0 Å². The van der Waals surface area contributed by atoms with E-state index >= 15 is 0 Å². The molecule has 0 aliphatic carbocycles. The fraction of sp³-hybridized carbons (Fsp3) is 0.619. The van der Waals surface area contributed by atoms with Crippen LogP contribution in [0.2, 0.25) is 0 Å². The van der Waals surface area contributed by atoms with E-state index in [1.54, 1.807) is 0 Å². The van der Waals surface area contributed by atoms with Gasteiger partial charge in [0, 0.05) is 25.2 Å². The Bertz CT molecular complexity index is 661. The molecule has 0 aromatic heterocycles. The van der Waals surface area contributed by atoms with Crippen molar-refractivity contribution < 1.29 is 9.59 Å². The summed E-state index contributed by atoms with van der Waals surface area (Å²) >= 11 is 0. The first kappa shape index (κ1) is 17.5. The van der Waals surface area contributed by atoms with Crippen LogP contribution in [0.5, 0.6) is 0 Å². The average molecular weight is 355 g/mol. The van der Waals surface area contributed by atoms with E-state index in [0.29, 0.717) is 24.2 Å². The first-order valence-corrected chi connectivity index (χ1v) is 10.1. The second kappa shape index (κ2) is 7.78. The molecule has 1 aromatic carbocycles. The molecule has 3 aliphatic heterocycles. The molecule has 2 amide bonds. The predicted molar refractivity (Wildman–Crippen MR) is 102 cm³/mol. The zero-order valence-electron chi connectivity index (χ0n) is 15.4. The van der Waals surface area contributed by atoms with E-state index in [1.807, 2.05) is 23.1 Å². The van der Waals surface area contributed by atoms with Crippen molar-refractivity contribution in [1.29, 1.82) is 0 Å². The molecule has 1 aromatic rings. The van der Waals surface area contributed by atoms with Crippen LogP contribution >= 0.6 is 0 Å². The molecule has 140 valence electrons. The largest absolute Gasteiger partial charge is 0.343 e. The second-order valence-electron chi connectivity index (χ2n) is 8.00. The van der Waals surface area contributed by atoms with Gasteiger partial charge in [0.1, 0.15) is 0 Å². The lowest BCUT2D eigenvalue weighted by Gasteiger charge is -2.34. The summed E-state index contributed by atoms with van der Waals surface area (Å²) in [5.41, 5.74) is 2.09. The van der Waals surface area contributed by atoms with Crippen molar-refractivity contribution in [2.45, 2.75) is 44.4 Å². The van der Waals surface area contributed by atoms with Crippen molar-refractivity contribution >= 4 is 17.5 Å². The van der Waals surface area contributed by atoms with E-state index in [0.717, 1.165) is 56.7 Å². The molecule has 1 atom stereocenters. The van der Waals surface area contributed by atoms with E-state index in [9.17, 15) is 9.59 Å². The van der Waals surface area contributed by atoms with Crippen molar-refractivity contribution in [1.82, 2.24) is 10.2 Å². The van der Waals surface area contributed by atoms with Crippen LogP contribution in [0.15, 0.2) is 24.3 Å². The van der Waals surface area contributed by atoms with Gasteiger partial charge in [-0.3, -0.25) is 9.59 Å². The van der Waals surface area contributed by atoms with Crippen LogP contribution in [0.1, 0.15) is 50.0 Å². The third-order valence-electron chi connectivity index (χ3n) is 6.43. The maximum Gasteiger partial charge on any atom is 0.232 e. The van der Waals surface area contributed by atoms with Crippen LogP contribution < -0.4 is 10.6 Å². The molecule has 3 aliphatic rings. The summed E-state index contributed by atoms with van der Waals surface area (Å²) in [5, 5.41) is 6.39. The zero-order valence-corrected chi connectivity index (χ0v) is 15.4. The SMILES string of the molecule is O=C1Nc2ccccc2C1C1CCN(C(=O)CCC2CCNCC2)CC1. The summed E-state index contributed by atoms with van der Waals surface area (Å²) in [5.74, 6) is 1.43. The van der Waals surface area contributed by atoms with Gasteiger partial charge in [0.2, 0.25) is 11.8 Å². The molecule has 4 rings (SSSR count). The molecule has 0 radical (unpaired) electrons. The summed E-state index contributed by atoms with van der Waals surface area (Å²) in [6.07, 6.45) is 5.95. The number of amides is 2. The van der Waals surface area contributed by atoms with Crippen molar-refractivity contribution in [3.63, 3.8) is 0 Å².